The maximum atomic E-state index is 11.9. The Morgan fingerprint density at radius 2 is 1.83 bits per heavy atom. The van der Waals surface area contributed by atoms with E-state index in [0.717, 1.165) is 0 Å². The topological polar surface area (TPSA) is 72.2 Å². The van der Waals surface area contributed by atoms with Crippen LogP contribution in [-0.4, -0.2) is 17.9 Å². The Morgan fingerprint density at radius 3 is 2.28 bits per heavy atom. The van der Waals surface area contributed by atoms with Gasteiger partial charge in [-0.1, -0.05) is 25.4 Å². The normalized spacial score (nSPS) is 12.2. The van der Waals surface area contributed by atoms with Gasteiger partial charge in [0.05, 0.1) is 0 Å². The number of halogens is 1. The molecular formula is C13H17ClN2O2. The Bertz CT molecular complexity index is 429. The van der Waals surface area contributed by atoms with E-state index in [4.69, 9.17) is 17.3 Å². The largest absolute Gasteiger partial charge is 0.368 e. The van der Waals surface area contributed by atoms with Gasteiger partial charge in [-0.25, -0.2) is 0 Å². The Labute approximate surface area is 112 Å². The van der Waals surface area contributed by atoms with Crippen LogP contribution in [0.4, 0.5) is 0 Å². The molecule has 0 aliphatic rings. The first-order chi connectivity index (χ1) is 8.40. The van der Waals surface area contributed by atoms with Gasteiger partial charge in [0.1, 0.15) is 6.04 Å². The van der Waals surface area contributed by atoms with Crippen LogP contribution < -0.4 is 11.1 Å². The van der Waals surface area contributed by atoms with Gasteiger partial charge in [0, 0.05) is 10.6 Å². The van der Waals surface area contributed by atoms with E-state index in [1.54, 1.807) is 24.3 Å². The molecule has 5 heteroatoms. The molecule has 98 valence electrons. The SMILES string of the molecule is CC(C)C[C@@H](NC(=O)c1ccc(Cl)cc1)C(N)=O. The van der Waals surface area contributed by atoms with E-state index in [0.29, 0.717) is 17.0 Å². The fourth-order valence-corrected chi connectivity index (χ4v) is 1.69. The van der Waals surface area contributed by atoms with Crippen molar-refractivity contribution in [1.82, 2.24) is 5.32 Å². The zero-order valence-electron chi connectivity index (χ0n) is 10.4. The van der Waals surface area contributed by atoms with E-state index < -0.39 is 11.9 Å². The fourth-order valence-electron chi connectivity index (χ4n) is 1.56. The summed E-state index contributed by atoms with van der Waals surface area (Å²) < 4.78 is 0. The first kappa shape index (κ1) is 14.5. The molecule has 4 nitrogen and oxygen atoms in total. The molecule has 0 aromatic heterocycles. The van der Waals surface area contributed by atoms with Crippen molar-refractivity contribution in [3.63, 3.8) is 0 Å². The Balaban J connectivity index is 2.72. The van der Waals surface area contributed by atoms with Crippen LogP contribution in [-0.2, 0) is 4.79 Å². The van der Waals surface area contributed by atoms with Crippen LogP contribution in [0.3, 0.4) is 0 Å². The summed E-state index contributed by atoms with van der Waals surface area (Å²) in [5, 5.41) is 3.18. The molecule has 0 saturated heterocycles. The third-order valence-corrected chi connectivity index (χ3v) is 2.71. The lowest BCUT2D eigenvalue weighted by atomic mass is 10.0. The number of hydrogen-bond donors (Lipinski definition) is 2. The van der Waals surface area contributed by atoms with E-state index in [9.17, 15) is 9.59 Å². The highest BCUT2D eigenvalue weighted by Crippen LogP contribution is 2.10. The monoisotopic (exact) mass is 268 g/mol. The highest BCUT2D eigenvalue weighted by atomic mass is 35.5. The van der Waals surface area contributed by atoms with Crippen LogP contribution in [0.15, 0.2) is 24.3 Å². The van der Waals surface area contributed by atoms with Crippen molar-refractivity contribution in [2.75, 3.05) is 0 Å². The van der Waals surface area contributed by atoms with Crippen molar-refractivity contribution in [2.24, 2.45) is 11.7 Å². The quantitative estimate of drug-likeness (QED) is 0.857. The van der Waals surface area contributed by atoms with Gasteiger partial charge in [-0.3, -0.25) is 9.59 Å². The highest BCUT2D eigenvalue weighted by Gasteiger charge is 2.19. The van der Waals surface area contributed by atoms with Crippen LogP contribution >= 0.6 is 11.6 Å². The van der Waals surface area contributed by atoms with E-state index in [-0.39, 0.29) is 11.8 Å². The smallest absolute Gasteiger partial charge is 0.251 e. The lowest BCUT2D eigenvalue weighted by Crippen LogP contribution is -2.45. The summed E-state index contributed by atoms with van der Waals surface area (Å²) in [5.41, 5.74) is 5.71. The fraction of sp³-hybridized carbons (Fsp3) is 0.385. The number of amides is 2. The highest BCUT2D eigenvalue weighted by molar-refractivity contribution is 6.30. The molecule has 2 amide bonds. The molecule has 0 unspecified atom stereocenters. The zero-order valence-corrected chi connectivity index (χ0v) is 11.2. The van der Waals surface area contributed by atoms with Crippen LogP contribution in [0.2, 0.25) is 5.02 Å². The van der Waals surface area contributed by atoms with Crippen molar-refractivity contribution in [2.45, 2.75) is 26.3 Å². The predicted molar refractivity (Wildman–Crippen MR) is 71.4 cm³/mol. The van der Waals surface area contributed by atoms with Gasteiger partial charge in [0.2, 0.25) is 5.91 Å². The van der Waals surface area contributed by atoms with Gasteiger partial charge in [-0.05, 0) is 36.6 Å². The van der Waals surface area contributed by atoms with Crippen molar-refractivity contribution in [3.05, 3.63) is 34.9 Å². The van der Waals surface area contributed by atoms with Gasteiger partial charge in [-0.2, -0.15) is 0 Å². The van der Waals surface area contributed by atoms with E-state index in [2.05, 4.69) is 5.32 Å². The number of primary amides is 1. The molecule has 3 N–H and O–H groups in total. The van der Waals surface area contributed by atoms with E-state index in [1.165, 1.54) is 0 Å². The minimum Gasteiger partial charge on any atom is -0.368 e. The summed E-state index contributed by atoms with van der Waals surface area (Å²) >= 11 is 5.74. The summed E-state index contributed by atoms with van der Waals surface area (Å²) in [6.45, 7) is 3.93. The molecule has 0 spiro atoms. The van der Waals surface area contributed by atoms with E-state index >= 15 is 0 Å². The molecule has 0 fully saturated rings. The number of hydrogen-bond acceptors (Lipinski definition) is 2. The number of carbonyl (C=O) groups excluding carboxylic acids is 2. The van der Waals surface area contributed by atoms with Gasteiger partial charge in [-0.15, -0.1) is 0 Å². The minimum atomic E-state index is -0.645. The van der Waals surface area contributed by atoms with Gasteiger partial charge >= 0.3 is 0 Å². The maximum absolute atomic E-state index is 11.9. The summed E-state index contributed by atoms with van der Waals surface area (Å²) in [7, 11) is 0. The van der Waals surface area contributed by atoms with Crippen LogP contribution in [0, 0.1) is 5.92 Å². The lowest BCUT2D eigenvalue weighted by Gasteiger charge is -2.17. The second-order valence-corrected chi connectivity index (χ2v) is 5.00. The molecule has 1 atom stereocenters. The standard InChI is InChI=1S/C13H17ClN2O2/c1-8(2)7-11(12(15)17)16-13(18)9-3-5-10(14)6-4-9/h3-6,8,11H,7H2,1-2H3,(H2,15,17)(H,16,18)/t11-/m1/s1. The van der Waals surface area contributed by atoms with Crippen molar-refractivity contribution >= 4 is 23.4 Å². The molecule has 1 aromatic rings. The molecule has 0 saturated carbocycles. The molecule has 18 heavy (non-hydrogen) atoms. The summed E-state index contributed by atoms with van der Waals surface area (Å²) in [6.07, 6.45) is 0.522. The molecule has 1 rings (SSSR count). The second-order valence-electron chi connectivity index (χ2n) is 4.56. The number of carbonyl (C=O) groups is 2. The zero-order chi connectivity index (χ0) is 13.7. The molecule has 0 bridgehead atoms. The number of benzene rings is 1. The Hall–Kier alpha value is -1.55. The van der Waals surface area contributed by atoms with Crippen LogP contribution in [0.1, 0.15) is 30.6 Å². The number of nitrogens with two attached hydrogens (primary N) is 1. The predicted octanol–water partition coefficient (Wildman–Crippen LogP) is 1.97. The average Bonchev–Trinajstić information content (AvgIpc) is 2.28. The molecule has 0 aliphatic heterocycles. The average molecular weight is 269 g/mol. The Kier molecular flexibility index (Phi) is 5.16. The molecule has 1 aromatic carbocycles. The maximum Gasteiger partial charge on any atom is 0.251 e. The van der Waals surface area contributed by atoms with Gasteiger partial charge in [0.15, 0.2) is 0 Å². The summed E-state index contributed by atoms with van der Waals surface area (Å²) in [5.74, 6) is -0.574. The molecule has 0 radical (unpaired) electrons. The van der Waals surface area contributed by atoms with Crippen molar-refractivity contribution in [3.8, 4) is 0 Å². The van der Waals surface area contributed by atoms with Gasteiger partial charge < -0.3 is 11.1 Å². The van der Waals surface area contributed by atoms with Crippen LogP contribution in [0.25, 0.3) is 0 Å². The molecule has 0 heterocycles. The minimum absolute atomic E-state index is 0.271. The lowest BCUT2D eigenvalue weighted by molar-refractivity contribution is -0.120. The molecular weight excluding hydrogens is 252 g/mol. The van der Waals surface area contributed by atoms with Crippen molar-refractivity contribution in [1.29, 1.82) is 0 Å². The van der Waals surface area contributed by atoms with Crippen LogP contribution in [0.5, 0.6) is 0 Å². The van der Waals surface area contributed by atoms with Gasteiger partial charge in [0.25, 0.3) is 5.91 Å². The third-order valence-electron chi connectivity index (χ3n) is 2.46. The second kappa shape index (κ2) is 6.40. The first-order valence-electron chi connectivity index (χ1n) is 5.76. The number of rotatable bonds is 5. The summed E-state index contributed by atoms with van der Waals surface area (Å²) in [6, 6.07) is 5.81. The van der Waals surface area contributed by atoms with Crippen molar-refractivity contribution < 1.29 is 9.59 Å². The Morgan fingerprint density at radius 1 is 1.28 bits per heavy atom. The number of nitrogens with one attached hydrogen (secondary N) is 1. The third kappa shape index (κ3) is 4.37. The van der Waals surface area contributed by atoms with E-state index in [1.807, 2.05) is 13.8 Å². The summed E-state index contributed by atoms with van der Waals surface area (Å²) in [4.78, 5) is 23.1. The molecule has 0 aliphatic carbocycles. The first-order valence-corrected chi connectivity index (χ1v) is 6.13.